The topological polar surface area (TPSA) is 32.3 Å². The van der Waals surface area contributed by atoms with Crippen LogP contribution in [-0.4, -0.2) is 23.8 Å². The van der Waals surface area contributed by atoms with Crippen LogP contribution in [0, 0.1) is 22.7 Å². The summed E-state index contributed by atoms with van der Waals surface area (Å²) in [5, 5.41) is 13.7. The van der Waals surface area contributed by atoms with E-state index in [1.807, 2.05) is 0 Å². The van der Waals surface area contributed by atoms with Crippen LogP contribution in [0.15, 0.2) is 0 Å². The highest BCUT2D eigenvalue weighted by Crippen LogP contribution is 2.65. The predicted molar refractivity (Wildman–Crippen MR) is 79.0 cm³/mol. The molecule has 0 aromatic rings. The first-order chi connectivity index (χ1) is 8.93. The first kappa shape index (κ1) is 13.9. The van der Waals surface area contributed by atoms with Crippen molar-refractivity contribution in [3.63, 3.8) is 0 Å². The fourth-order valence-corrected chi connectivity index (χ4v) is 5.27. The first-order valence-electron chi connectivity index (χ1n) is 8.35. The number of aliphatic hydroxyl groups excluding tert-OH is 1. The third-order valence-corrected chi connectivity index (χ3v) is 7.20. The Kier molecular flexibility index (Phi) is 3.46. The van der Waals surface area contributed by atoms with E-state index in [-0.39, 0.29) is 6.10 Å². The van der Waals surface area contributed by atoms with Gasteiger partial charge in [-0.1, -0.05) is 27.2 Å². The molecule has 2 heteroatoms. The summed E-state index contributed by atoms with van der Waals surface area (Å²) in [5.41, 5.74) is 1.00. The Hall–Kier alpha value is -0.0800. The standard InChI is InChI=1S/C17H31NO/c1-16(2)13-7-8-17(16,3)15(10-13)18-11-12-5-4-6-14(19)9-12/h12-15,18-19H,4-11H2,1-3H3. The summed E-state index contributed by atoms with van der Waals surface area (Å²) in [6, 6.07) is 0.709. The molecule has 3 aliphatic rings. The van der Waals surface area contributed by atoms with Gasteiger partial charge < -0.3 is 10.4 Å². The van der Waals surface area contributed by atoms with Crippen molar-refractivity contribution < 1.29 is 5.11 Å². The number of hydrogen-bond donors (Lipinski definition) is 2. The van der Waals surface area contributed by atoms with Gasteiger partial charge >= 0.3 is 0 Å². The molecule has 0 radical (unpaired) electrons. The van der Waals surface area contributed by atoms with Gasteiger partial charge in [-0.2, -0.15) is 0 Å². The lowest BCUT2D eigenvalue weighted by Gasteiger charge is -2.40. The smallest absolute Gasteiger partial charge is 0.0543 e. The highest BCUT2D eigenvalue weighted by molar-refractivity contribution is 5.13. The third kappa shape index (κ3) is 2.15. The van der Waals surface area contributed by atoms with Crippen molar-refractivity contribution in [3.8, 4) is 0 Å². The van der Waals surface area contributed by atoms with Gasteiger partial charge in [-0.15, -0.1) is 0 Å². The number of nitrogens with one attached hydrogen (secondary N) is 1. The maximum Gasteiger partial charge on any atom is 0.0543 e. The number of hydrogen-bond acceptors (Lipinski definition) is 2. The second-order valence-electron chi connectivity index (χ2n) is 8.26. The van der Waals surface area contributed by atoms with Crippen molar-refractivity contribution in [1.82, 2.24) is 5.32 Å². The molecular weight excluding hydrogens is 234 g/mol. The minimum absolute atomic E-state index is 0.0346. The maximum absolute atomic E-state index is 9.78. The molecule has 0 aromatic heterocycles. The molecule has 0 saturated heterocycles. The number of fused-ring (bicyclic) bond motifs is 2. The predicted octanol–water partition coefficient (Wildman–Crippen LogP) is 3.34. The van der Waals surface area contributed by atoms with Gasteiger partial charge in [0.25, 0.3) is 0 Å². The molecule has 3 aliphatic carbocycles. The molecule has 2 N–H and O–H groups in total. The molecule has 5 unspecified atom stereocenters. The van der Waals surface area contributed by atoms with Gasteiger partial charge in [-0.3, -0.25) is 0 Å². The van der Waals surface area contributed by atoms with E-state index in [4.69, 9.17) is 0 Å². The maximum atomic E-state index is 9.78. The molecule has 0 amide bonds. The van der Waals surface area contributed by atoms with E-state index >= 15 is 0 Å². The molecule has 2 bridgehead atoms. The van der Waals surface area contributed by atoms with Gasteiger partial charge in [0.05, 0.1) is 6.10 Å². The third-order valence-electron chi connectivity index (χ3n) is 7.20. The molecule has 5 atom stereocenters. The molecule has 2 nitrogen and oxygen atoms in total. The second-order valence-corrected chi connectivity index (χ2v) is 8.26. The molecule has 0 spiro atoms. The summed E-state index contributed by atoms with van der Waals surface area (Å²) in [4.78, 5) is 0. The lowest BCUT2D eigenvalue weighted by Crippen LogP contribution is -2.46. The summed E-state index contributed by atoms with van der Waals surface area (Å²) in [5.74, 6) is 1.63. The molecule has 110 valence electrons. The average molecular weight is 265 g/mol. The van der Waals surface area contributed by atoms with Crippen LogP contribution in [0.25, 0.3) is 0 Å². The van der Waals surface area contributed by atoms with E-state index < -0.39 is 0 Å². The minimum Gasteiger partial charge on any atom is -0.393 e. The van der Waals surface area contributed by atoms with Gasteiger partial charge in [0.1, 0.15) is 0 Å². The van der Waals surface area contributed by atoms with Crippen molar-refractivity contribution in [3.05, 3.63) is 0 Å². The molecule has 0 aromatic carbocycles. The zero-order valence-electron chi connectivity index (χ0n) is 12.9. The summed E-state index contributed by atoms with van der Waals surface area (Å²) in [6.45, 7) is 8.60. The van der Waals surface area contributed by atoms with Crippen LogP contribution in [0.4, 0.5) is 0 Å². The largest absolute Gasteiger partial charge is 0.393 e. The van der Waals surface area contributed by atoms with Crippen LogP contribution in [-0.2, 0) is 0 Å². The minimum atomic E-state index is -0.0346. The van der Waals surface area contributed by atoms with Gasteiger partial charge in [0, 0.05) is 6.04 Å². The summed E-state index contributed by atoms with van der Waals surface area (Å²) < 4.78 is 0. The van der Waals surface area contributed by atoms with Gasteiger partial charge in [-0.25, -0.2) is 0 Å². The zero-order valence-corrected chi connectivity index (χ0v) is 12.9. The normalized spacial score (nSPS) is 48.6. The van der Waals surface area contributed by atoms with Crippen LogP contribution >= 0.6 is 0 Å². The van der Waals surface area contributed by atoms with E-state index in [9.17, 15) is 5.11 Å². The van der Waals surface area contributed by atoms with Crippen molar-refractivity contribution >= 4 is 0 Å². The van der Waals surface area contributed by atoms with Crippen LogP contribution in [0.3, 0.4) is 0 Å². The Morgan fingerprint density at radius 1 is 1.11 bits per heavy atom. The van der Waals surface area contributed by atoms with Crippen molar-refractivity contribution in [2.75, 3.05) is 6.54 Å². The Morgan fingerprint density at radius 2 is 1.89 bits per heavy atom. The fraction of sp³-hybridized carbons (Fsp3) is 1.00. The summed E-state index contributed by atoms with van der Waals surface area (Å²) in [7, 11) is 0. The van der Waals surface area contributed by atoms with Crippen LogP contribution in [0.1, 0.15) is 65.7 Å². The van der Waals surface area contributed by atoms with Gasteiger partial charge in [0.15, 0.2) is 0 Å². The van der Waals surface area contributed by atoms with Gasteiger partial charge in [0.2, 0.25) is 0 Å². The number of aliphatic hydroxyl groups is 1. The summed E-state index contributed by atoms with van der Waals surface area (Å²) in [6.07, 6.45) is 8.73. The monoisotopic (exact) mass is 265 g/mol. The van der Waals surface area contributed by atoms with E-state index in [0.29, 0.717) is 22.8 Å². The Morgan fingerprint density at radius 3 is 2.47 bits per heavy atom. The molecule has 19 heavy (non-hydrogen) atoms. The Labute approximate surface area is 118 Å². The van der Waals surface area contributed by atoms with E-state index in [1.165, 1.54) is 32.1 Å². The van der Waals surface area contributed by atoms with Gasteiger partial charge in [-0.05, 0) is 67.7 Å². The Bertz CT molecular complexity index is 340. The quantitative estimate of drug-likeness (QED) is 0.820. The Balaban J connectivity index is 1.57. The fourth-order valence-electron chi connectivity index (χ4n) is 5.27. The SMILES string of the molecule is CC1(C)C2CCC1(C)C(NCC1CCCC(O)C1)C2. The average Bonchev–Trinajstić information content (AvgIpc) is 2.69. The van der Waals surface area contributed by atoms with Crippen molar-refractivity contribution in [2.24, 2.45) is 22.7 Å². The molecule has 3 rings (SSSR count). The van der Waals surface area contributed by atoms with E-state index in [2.05, 4.69) is 26.1 Å². The number of rotatable bonds is 3. The van der Waals surface area contributed by atoms with Crippen LogP contribution in [0.2, 0.25) is 0 Å². The lowest BCUT2D eigenvalue weighted by molar-refractivity contribution is 0.0892. The molecular formula is C17H31NO. The molecule has 3 saturated carbocycles. The highest BCUT2D eigenvalue weighted by Gasteiger charge is 2.60. The van der Waals surface area contributed by atoms with E-state index in [0.717, 1.165) is 25.3 Å². The molecule has 0 heterocycles. The first-order valence-corrected chi connectivity index (χ1v) is 8.35. The van der Waals surface area contributed by atoms with E-state index in [1.54, 1.807) is 0 Å². The van der Waals surface area contributed by atoms with Crippen LogP contribution < -0.4 is 5.32 Å². The zero-order chi connectivity index (χ0) is 13.7. The van der Waals surface area contributed by atoms with Crippen LogP contribution in [0.5, 0.6) is 0 Å². The molecule has 0 aliphatic heterocycles. The summed E-state index contributed by atoms with van der Waals surface area (Å²) >= 11 is 0. The lowest BCUT2D eigenvalue weighted by atomic mass is 9.69. The van der Waals surface area contributed by atoms with Crippen molar-refractivity contribution in [2.45, 2.75) is 77.9 Å². The van der Waals surface area contributed by atoms with Crippen molar-refractivity contribution in [1.29, 1.82) is 0 Å². The highest BCUT2D eigenvalue weighted by atomic mass is 16.3. The molecule has 3 fully saturated rings. The second kappa shape index (κ2) is 4.73.